The Morgan fingerprint density at radius 3 is 1.66 bits per heavy atom. The van der Waals surface area contributed by atoms with Crippen LogP contribution in [-0.2, 0) is 21.5 Å². The number of hydrogen-bond donors (Lipinski definition) is 6. The largest absolute Gasteiger partial charge is 0.508 e. The molecule has 0 bridgehead atoms. The molecule has 6 N–H and O–H groups in total. The number of non-ortho nitro benzene ring substituents is 2. The summed E-state index contributed by atoms with van der Waals surface area (Å²) < 4.78 is 15.1. The van der Waals surface area contributed by atoms with E-state index in [9.17, 15) is 55.7 Å². The van der Waals surface area contributed by atoms with Gasteiger partial charge in [-0.05, 0) is 139 Å². The predicted octanol–water partition coefficient (Wildman–Crippen LogP) is 14.6. The number of ether oxygens (including phenoxy) is 2. The first kappa shape index (κ1) is 65.6. The van der Waals surface area contributed by atoms with Gasteiger partial charge in [-0.25, -0.2) is 9.37 Å². The Labute approximate surface area is 518 Å². The fourth-order valence-corrected chi connectivity index (χ4v) is 10.9. The number of benzene rings is 7. The molecule has 0 fully saturated rings. The second-order valence-electron chi connectivity index (χ2n) is 22.1. The summed E-state index contributed by atoms with van der Waals surface area (Å²) in [5.74, 6) is 0.0571. The Morgan fingerprint density at radius 1 is 0.614 bits per heavy atom. The molecule has 0 amide bonds. The maximum atomic E-state index is 13.6. The van der Waals surface area contributed by atoms with Gasteiger partial charge in [0.05, 0.1) is 33.6 Å². The molecule has 0 atom stereocenters. The van der Waals surface area contributed by atoms with Crippen molar-refractivity contribution in [2.45, 2.75) is 100 Å². The van der Waals surface area contributed by atoms with Crippen molar-refractivity contribution in [3.05, 3.63) is 191 Å². The first-order chi connectivity index (χ1) is 41.2. The van der Waals surface area contributed by atoms with Crippen molar-refractivity contribution in [1.29, 1.82) is 0 Å². The molecular formula is C66H69CoN8O13+. The molecule has 3 aliphatic rings. The minimum absolute atomic E-state index is 0. The molecule has 0 saturated carbocycles. The summed E-state index contributed by atoms with van der Waals surface area (Å²) in [4.78, 5) is 36.1. The third-order valence-corrected chi connectivity index (χ3v) is 15.3. The summed E-state index contributed by atoms with van der Waals surface area (Å²) >= 11 is 0. The number of esters is 1. The molecule has 0 saturated heterocycles. The van der Waals surface area contributed by atoms with Crippen LogP contribution in [0.1, 0.15) is 119 Å². The number of rotatable bonds is 13. The van der Waals surface area contributed by atoms with Gasteiger partial charge in [-0.3, -0.25) is 20.2 Å². The molecule has 3 aliphatic heterocycles. The number of carbonyl (C=O) groups is 1. The molecule has 459 valence electrons. The third-order valence-electron chi connectivity index (χ3n) is 15.3. The van der Waals surface area contributed by atoms with Gasteiger partial charge in [0, 0.05) is 112 Å². The number of aromatic hydroxyl groups is 6. The van der Waals surface area contributed by atoms with Gasteiger partial charge in [-0.15, -0.1) is 20.5 Å². The zero-order valence-electron chi connectivity index (χ0n) is 50.5. The van der Waals surface area contributed by atoms with E-state index in [0.29, 0.717) is 12.2 Å². The van der Waals surface area contributed by atoms with E-state index in [4.69, 9.17) is 9.47 Å². The predicted molar refractivity (Wildman–Crippen MR) is 333 cm³/mol. The zero-order chi connectivity index (χ0) is 63.4. The van der Waals surface area contributed by atoms with Gasteiger partial charge in [-0.1, -0.05) is 37.6 Å². The molecule has 0 spiro atoms. The number of allylic oxidation sites excluding steroid dienone is 2. The van der Waals surface area contributed by atoms with E-state index in [1.165, 1.54) is 71.4 Å². The molecule has 0 aliphatic carbocycles. The molecule has 22 heteroatoms. The fraction of sp³-hybridized carbons (Fsp3) is 0.273. The van der Waals surface area contributed by atoms with E-state index in [1.807, 2.05) is 18.2 Å². The van der Waals surface area contributed by atoms with Gasteiger partial charge in [0.1, 0.15) is 75.3 Å². The van der Waals surface area contributed by atoms with Crippen LogP contribution in [0.5, 0.6) is 46.0 Å². The van der Waals surface area contributed by atoms with E-state index < -0.39 is 9.85 Å². The number of fused-ring (bicyclic) bond motifs is 4. The van der Waals surface area contributed by atoms with Crippen LogP contribution in [0.25, 0.3) is 16.7 Å². The number of phenolic OH excluding ortho intramolecular Hbond substituents is 6. The second kappa shape index (κ2) is 26.8. The first-order valence-electron chi connectivity index (χ1n) is 28.2. The summed E-state index contributed by atoms with van der Waals surface area (Å²) in [6.07, 6.45) is 6.52. The fourth-order valence-electron chi connectivity index (χ4n) is 10.9. The van der Waals surface area contributed by atoms with Crippen molar-refractivity contribution in [3.8, 4) is 46.0 Å². The molecule has 7 aromatic carbocycles. The minimum Gasteiger partial charge on any atom is -0.508 e. The number of nitrogens with zero attached hydrogens (tertiary/aromatic N) is 8. The van der Waals surface area contributed by atoms with Crippen LogP contribution in [-0.4, -0.2) is 77.2 Å². The molecule has 1 radical (unpaired) electrons. The van der Waals surface area contributed by atoms with Crippen molar-refractivity contribution < 1.29 is 71.5 Å². The Morgan fingerprint density at radius 2 is 1.14 bits per heavy atom. The van der Waals surface area contributed by atoms with Gasteiger partial charge in [-0.2, -0.15) is 0 Å². The summed E-state index contributed by atoms with van der Waals surface area (Å²) in [6, 6.07) is 28.8. The monoisotopic (exact) mass is 1240 g/mol. The smallest absolute Gasteiger partial charge is 0.338 e. The van der Waals surface area contributed by atoms with Gasteiger partial charge >= 0.3 is 5.97 Å². The van der Waals surface area contributed by atoms with Gasteiger partial charge < -0.3 is 45.0 Å². The summed E-state index contributed by atoms with van der Waals surface area (Å²) in [6.45, 7) is 25.1. The standard InChI is InChI=1S/C40H47N2O3.2C13H11N3O5.Co/c1-10-13-18-44-38(43)28-17-15-14-16-27(28)37-31-19-29-25(4)23-39(6,7)41(11-2)33(29)21-35(31)45-36-22-34-30(20-32(36)37)26(5)24-40(8,9)42(34)12-3;2*1-7-11(17)5-3-9(13(7)19)14-15-10-6-8(16(20)21)2-4-12(10)18;/h14-17,19-24H,10-13,18H2,1-9H3;2*2-6,17-19H,1H3;/q+1;;;. The minimum atomic E-state index is -0.624. The van der Waals surface area contributed by atoms with E-state index in [0.717, 1.165) is 95.7 Å². The van der Waals surface area contributed by atoms with Crippen LogP contribution in [0, 0.1) is 34.1 Å². The first-order valence-corrected chi connectivity index (χ1v) is 28.2. The third kappa shape index (κ3) is 13.5. The quantitative estimate of drug-likeness (QED) is 0.0156. The topological polar surface area (TPSA) is 299 Å². The number of nitro benzene ring substituents is 2. The van der Waals surface area contributed by atoms with Crippen molar-refractivity contribution in [3.63, 3.8) is 0 Å². The van der Waals surface area contributed by atoms with Crippen LogP contribution in [0.2, 0.25) is 0 Å². The normalized spacial score (nSPS) is 14.1. The number of unbranched alkanes of at least 4 members (excludes halogenated alkanes) is 1. The molecule has 10 rings (SSSR count). The molecule has 0 aromatic heterocycles. The van der Waals surface area contributed by atoms with E-state index in [-0.39, 0.29) is 114 Å². The number of nitro groups is 2. The summed E-state index contributed by atoms with van der Waals surface area (Å²) in [5, 5.41) is 95.8. The van der Waals surface area contributed by atoms with Crippen LogP contribution < -0.4 is 24.8 Å². The SMILES string of the molecule is CCCCOC(=O)c1ccccc1C1=c2cc3c(cc2Oc2cc4c(cc21)C(C)=CC(C)(C)N4CC)=[N+](CC)C(C)(C)C=C3C.Cc1c(O)ccc(N=Nc2cc([N+](=O)[O-])ccc2O)c1O.Cc1c(O)ccc(N=Nc2cc([N+](=O)[O-])ccc2O)c1O.[Co]. The Kier molecular flexibility index (Phi) is 20.0. The Hall–Kier alpha value is -9.93. The average molecular weight is 1240 g/mol. The average Bonchev–Trinajstić information content (AvgIpc) is 0.743. The maximum Gasteiger partial charge on any atom is 0.338 e. The number of carbonyl (C=O) groups excluding carboxylic acids is 1. The number of likely N-dealkylation sites (N-methyl/N-ethyl adjacent to an activating group) is 2. The summed E-state index contributed by atoms with van der Waals surface area (Å²) in [5.41, 5.74) is 9.12. The van der Waals surface area contributed by atoms with Crippen LogP contribution >= 0.6 is 0 Å². The Balaban J connectivity index is 0.000000214. The zero-order valence-corrected chi connectivity index (χ0v) is 51.6. The number of azo groups is 2. The van der Waals surface area contributed by atoms with Gasteiger partial charge in [0.25, 0.3) is 11.4 Å². The molecule has 21 nitrogen and oxygen atoms in total. The van der Waals surface area contributed by atoms with Gasteiger partial charge in [0.15, 0.2) is 5.54 Å². The van der Waals surface area contributed by atoms with E-state index >= 15 is 0 Å². The van der Waals surface area contributed by atoms with Crippen LogP contribution in [0.15, 0.2) is 142 Å². The number of hydrogen-bond acceptors (Lipinski definition) is 18. The van der Waals surface area contributed by atoms with Crippen molar-refractivity contribution in [1.82, 2.24) is 4.58 Å². The number of anilines is 1. The molecule has 3 heterocycles. The molecule has 0 unspecified atom stereocenters. The van der Waals surface area contributed by atoms with Crippen molar-refractivity contribution in [2.75, 3.05) is 24.6 Å². The second-order valence-corrected chi connectivity index (χ2v) is 22.1. The van der Waals surface area contributed by atoms with Gasteiger partial charge in [0.2, 0.25) is 5.36 Å². The van der Waals surface area contributed by atoms with E-state index in [1.54, 1.807) is 0 Å². The van der Waals surface area contributed by atoms with Crippen LogP contribution in [0.4, 0.5) is 39.8 Å². The molecular weight excluding hydrogens is 1170 g/mol. The Bertz CT molecular complexity index is 4070. The van der Waals surface area contributed by atoms with Crippen molar-refractivity contribution in [2.24, 2.45) is 20.5 Å². The van der Waals surface area contributed by atoms with Crippen LogP contribution in [0.3, 0.4) is 0 Å². The molecule has 88 heavy (non-hydrogen) atoms. The summed E-state index contributed by atoms with van der Waals surface area (Å²) in [7, 11) is 0. The van der Waals surface area contributed by atoms with Crippen molar-refractivity contribution >= 4 is 62.5 Å². The number of phenols is 6. The van der Waals surface area contributed by atoms with E-state index in [2.05, 4.69) is 135 Å². The molecule has 7 aromatic rings. The maximum absolute atomic E-state index is 13.6.